The number of nitrogens with two attached hydrogens (primary N) is 1. The van der Waals surface area contributed by atoms with Crippen LogP contribution in [-0.2, 0) is 0 Å². The SMILES string of the molecule is CCOc1cccc(C(N)c2cc(C)c(OC)cc2C)c1. The van der Waals surface area contributed by atoms with Crippen LogP contribution in [0.2, 0.25) is 0 Å². The predicted octanol–water partition coefficient (Wildman–Crippen LogP) is 3.76. The fourth-order valence-corrected chi connectivity index (χ4v) is 2.51. The van der Waals surface area contributed by atoms with Crippen LogP contribution in [0.5, 0.6) is 11.5 Å². The van der Waals surface area contributed by atoms with Gasteiger partial charge in [0.25, 0.3) is 0 Å². The molecule has 0 aliphatic heterocycles. The smallest absolute Gasteiger partial charge is 0.122 e. The summed E-state index contributed by atoms with van der Waals surface area (Å²) in [6, 6.07) is 11.9. The molecule has 0 saturated carbocycles. The van der Waals surface area contributed by atoms with Gasteiger partial charge in [-0.3, -0.25) is 0 Å². The van der Waals surface area contributed by atoms with E-state index in [1.807, 2.05) is 44.2 Å². The van der Waals surface area contributed by atoms with Crippen LogP contribution in [0.25, 0.3) is 0 Å². The van der Waals surface area contributed by atoms with E-state index < -0.39 is 0 Å². The van der Waals surface area contributed by atoms with Gasteiger partial charge in [-0.2, -0.15) is 0 Å². The molecule has 0 bridgehead atoms. The zero-order valence-electron chi connectivity index (χ0n) is 13.1. The second-order valence-electron chi connectivity index (χ2n) is 5.16. The summed E-state index contributed by atoms with van der Waals surface area (Å²) in [5, 5.41) is 0. The molecule has 2 N–H and O–H groups in total. The molecule has 0 spiro atoms. The summed E-state index contributed by atoms with van der Waals surface area (Å²) >= 11 is 0. The van der Waals surface area contributed by atoms with E-state index in [9.17, 15) is 0 Å². The highest BCUT2D eigenvalue weighted by molar-refractivity contribution is 5.46. The molecule has 2 rings (SSSR count). The Morgan fingerprint density at radius 3 is 2.52 bits per heavy atom. The number of hydrogen-bond acceptors (Lipinski definition) is 3. The first-order chi connectivity index (χ1) is 10.1. The highest BCUT2D eigenvalue weighted by Crippen LogP contribution is 2.30. The summed E-state index contributed by atoms with van der Waals surface area (Å²) in [4.78, 5) is 0. The zero-order chi connectivity index (χ0) is 15.4. The van der Waals surface area contributed by atoms with Gasteiger partial charge >= 0.3 is 0 Å². The first kappa shape index (κ1) is 15.4. The van der Waals surface area contributed by atoms with Gasteiger partial charge in [-0.1, -0.05) is 18.2 Å². The monoisotopic (exact) mass is 285 g/mol. The molecule has 1 atom stereocenters. The van der Waals surface area contributed by atoms with Crippen molar-refractivity contribution in [3.8, 4) is 11.5 Å². The molecular formula is C18H23NO2. The van der Waals surface area contributed by atoms with Crippen molar-refractivity contribution >= 4 is 0 Å². The minimum Gasteiger partial charge on any atom is -0.496 e. The van der Waals surface area contributed by atoms with E-state index in [0.717, 1.165) is 33.8 Å². The van der Waals surface area contributed by atoms with Gasteiger partial charge in [0, 0.05) is 0 Å². The van der Waals surface area contributed by atoms with Crippen LogP contribution in [0.4, 0.5) is 0 Å². The van der Waals surface area contributed by atoms with E-state index in [1.165, 1.54) is 0 Å². The van der Waals surface area contributed by atoms with Crippen molar-refractivity contribution in [2.75, 3.05) is 13.7 Å². The Kier molecular flexibility index (Phi) is 4.86. The summed E-state index contributed by atoms with van der Waals surface area (Å²) in [5.74, 6) is 1.75. The van der Waals surface area contributed by atoms with Gasteiger partial charge in [-0.05, 0) is 61.2 Å². The number of hydrogen-bond donors (Lipinski definition) is 1. The molecule has 0 amide bonds. The normalized spacial score (nSPS) is 12.0. The Bertz CT molecular complexity index is 623. The molecule has 2 aromatic rings. The van der Waals surface area contributed by atoms with Crippen LogP contribution in [0, 0.1) is 13.8 Å². The maximum Gasteiger partial charge on any atom is 0.122 e. The van der Waals surface area contributed by atoms with Crippen LogP contribution in [0.1, 0.15) is 35.2 Å². The number of ether oxygens (including phenoxy) is 2. The van der Waals surface area contributed by atoms with Crippen molar-refractivity contribution in [2.24, 2.45) is 5.73 Å². The molecule has 21 heavy (non-hydrogen) atoms. The van der Waals surface area contributed by atoms with Gasteiger partial charge in [0.2, 0.25) is 0 Å². The third-order valence-electron chi connectivity index (χ3n) is 3.65. The summed E-state index contributed by atoms with van der Waals surface area (Å²) in [7, 11) is 1.69. The third-order valence-corrected chi connectivity index (χ3v) is 3.65. The number of aryl methyl sites for hydroxylation is 2. The fraction of sp³-hybridized carbons (Fsp3) is 0.333. The molecule has 0 saturated heterocycles. The summed E-state index contributed by atoms with van der Waals surface area (Å²) in [6.45, 7) is 6.72. The molecule has 0 radical (unpaired) electrons. The fourth-order valence-electron chi connectivity index (χ4n) is 2.51. The Morgan fingerprint density at radius 1 is 1.10 bits per heavy atom. The van der Waals surface area contributed by atoms with Crippen LogP contribution >= 0.6 is 0 Å². The third kappa shape index (κ3) is 3.37. The van der Waals surface area contributed by atoms with Crippen molar-refractivity contribution in [2.45, 2.75) is 26.8 Å². The average molecular weight is 285 g/mol. The van der Waals surface area contributed by atoms with Gasteiger partial charge in [0.1, 0.15) is 11.5 Å². The zero-order valence-corrected chi connectivity index (χ0v) is 13.1. The molecule has 0 fully saturated rings. The van der Waals surface area contributed by atoms with E-state index in [4.69, 9.17) is 15.2 Å². The first-order valence-electron chi connectivity index (χ1n) is 7.20. The Hall–Kier alpha value is -2.00. The molecular weight excluding hydrogens is 262 g/mol. The maximum absolute atomic E-state index is 6.45. The molecule has 3 nitrogen and oxygen atoms in total. The highest BCUT2D eigenvalue weighted by Gasteiger charge is 2.14. The van der Waals surface area contributed by atoms with E-state index >= 15 is 0 Å². The van der Waals surface area contributed by atoms with E-state index in [1.54, 1.807) is 7.11 Å². The standard InChI is InChI=1S/C18H23NO2/c1-5-21-15-8-6-7-14(11-15)18(19)16-9-13(3)17(20-4)10-12(16)2/h6-11,18H,5,19H2,1-4H3. The second-order valence-corrected chi connectivity index (χ2v) is 5.16. The van der Waals surface area contributed by atoms with Gasteiger partial charge in [0.15, 0.2) is 0 Å². The van der Waals surface area contributed by atoms with E-state index in [-0.39, 0.29) is 6.04 Å². The van der Waals surface area contributed by atoms with E-state index in [0.29, 0.717) is 6.61 Å². The largest absolute Gasteiger partial charge is 0.496 e. The van der Waals surface area contributed by atoms with Crippen LogP contribution < -0.4 is 15.2 Å². The van der Waals surface area contributed by atoms with Crippen LogP contribution in [0.3, 0.4) is 0 Å². The summed E-state index contributed by atoms with van der Waals surface area (Å²) < 4.78 is 10.9. The van der Waals surface area contributed by atoms with Gasteiger partial charge in [-0.25, -0.2) is 0 Å². The van der Waals surface area contributed by atoms with Crippen LogP contribution in [0.15, 0.2) is 36.4 Å². The van der Waals surface area contributed by atoms with Gasteiger partial charge in [-0.15, -0.1) is 0 Å². The van der Waals surface area contributed by atoms with Gasteiger partial charge in [0.05, 0.1) is 19.8 Å². The maximum atomic E-state index is 6.45. The number of rotatable bonds is 5. The van der Waals surface area contributed by atoms with Crippen molar-refractivity contribution in [3.05, 3.63) is 58.7 Å². The minimum absolute atomic E-state index is 0.171. The highest BCUT2D eigenvalue weighted by atomic mass is 16.5. The Morgan fingerprint density at radius 2 is 1.86 bits per heavy atom. The summed E-state index contributed by atoms with van der Waals surface area (Å²) in [5.41, 5.74) is 10.8. The number of benzene rings is 2. The van der Waals surface area contributed by atoms with Crippen molar-refractivity contribution in [1.82, 2.24) is 0 Å². The summed E-state index contributed by atoms with van der Waals surface area (Å²) in [6.07, 6.45) is 0. The Labute approximate surface area is 126 Å². The van der Waals surface area contributed by atoms with Crippen molar-refractivity contribution in [1.29, 1.82) is 0 Å². The van der Waals surface area contributed by atoms with Crippen molar-refractivity contribution in [3.63, 3.8) is 0 Å². The number of methoxy groups -OCH3 is 1. The van der Waals surface area contributed by atoms with Gasteiger partial charge < -0.3 is 15.2 Å². The molecule has 0 aromatic heterocycles. The quantitative estimate of drug-likeness (QED) is 0.909. The van der Waals surface area contributed by atoms with E-state index in [2.05, 4.69) is 13.0 Å². The lowest BCUT2D eigenvalue weighted by Gasteiger charge is -2.18. The van der Waals surface area contributed by atoms with Crippen molar-refractivity contribution < 1.29 is 9.47 Å². The molecule has 0 heterocycles. The molecule has 1 unspecified atom stereocenters. The lowest BCUT2D eigenvalue weighted by molar-refractivity contribution is 0.340. The molecule has 112 valence electrons. The Balaban J connectivity index is 2.37. The molecule has 2 aromatic carbocycles. The first-order valence-corrected chi connectivity index (χ1v) is 7.20. The second kappa shape index (κ2) is 6.64. The van der Waals surface area contributed by atoms with Crippen LogP contribution in [-0.4, -0.2) is 13.7 Å². The predicted molar refractivity (Wildman–Crippen MR) is 86.1 cm³/mol. The topological polar surface area (TPSA) is 44.5 Å². The molecule has 3 heteroatoms. The lowest BCUT2D eigenvalue weighted by Crippen LogP contribution is -2.14. The minimum atomic E-state index is -0.171. The average Bonchev–Trinajstić information content (AvgIpc) is 2.49. The molecule has 0 aliphatic carbocycles. The molecule has 0 aliphatic rings. The lowest BCUT2D eigenvalue weighted by atomic mass is 9.93.